The number of hydrogen-bond donors (Lipinski definition) is 0. The highest BCUT2D eigenvalue weighted by Gasteiger charge is 2.12. The molecule has 20 heavy (non-hydrogen) atoms. The third-order valence-corrected chi connectivity index (χ3v) is 4.37. The minimum absolute atomic E-state index is 1.31. The summed E-state index contributed by atoms with van der Waals surface area (Å²) < 4.78 is 2.31. The molecule has 0 aliphatic rings. The van der Waals surface area contributed by atoms with E-state index in [1.807, 2.05) is 0 Å². The average molecular weight is 259 g/mol. The first-order chi connectivity index (χ1) is 9.66. The average Bonchev–Trinajstić information content (AvgIpc) is 2.72. The van der Waals surface area contributed by atoms with Gasteiger partial charge in [-0.15, -0.1) is 0 Å². The number of aryl methyl sites for hydroxylation is 3. The molecule has 0 radical (unpaired) electrons. The lowest BCUT2D eigenvalue weighted by atomic mass is 9.99. The van der Waals surface area contributed by atoms with Crippen LogP contribution in [0.5, 0.6) is 0 Å². The van der Waals surface area contributed by atoms with E-state index in [9.17, 15) is 0 Å². The fourth-order valence-corrected chi connectivity index (χ4v) is 3.36. The van der Waals surface area contributed by atoms with E-state index in [1.165, 1.54) is 43.7 Å². The van der Waals surface area contributed by atoms with Gasteiger partial charge in [-0.05, 0) is 48.4 Å². The van der Waals surface area contributed by atoms with Gasteiger partial charge < -0.3 is 4.57 Å². The fourth-order valence-electron chi connectivity index (χ4n) is 3.36. The Balaban J connectivity index is 2.40. The number of rotatable bonds is 0. The predicted molar refractivity (Wildman–Crippen MR) is 87.4 cm³/mol. The smallest absolute Gasteiger partial charge is 0.0497 e. The summed E-state index contributed by atoms with van der Waals surface area (Å²) in [6.45, 7) is 4.36. The number of hydrogen-bond acceptors (Lipinski definition) is 0. The van der Waals surface area contributed by atoms with Crippen LogP contribution in [0.3, 0.4) is 0 Å². The lowest BCUT2D eigenvalue weighted by Gasteiger charge is -2.05. The van der Waals surface area contributed by atoms with Gasteiger partial charge in [-0.2, -0.15) is 0 Å². The Kier molecular flexibility index (Phi) is 2.23. The lowest BCUT2D eigenvalue weighted by Crippen LogP contribution is -1.87. The van der Waals surface area contributed by atoms with Gasteiger partial charge in [0.15, 0.2) is 0 Å². The van der Waals surface area contributed by atoms with Crippen LogP contribution in [0.25, 0.3) is 32.6 Å². The summed E-state index contributed by atoms with van der Waals surface area (Å²) in [5.74, 6) is 0. The van der Waals surface area contributed by atoms with E-state index >= 15 is 0 Å². The second-order valence-corrected chi connectivity index (χ2v) is 5.71. The molecular weight excluding hydrogens is 242 g/mol. The van der Waals surface area contributed by atoms with E-state index in [2.05, 4.69) is 74.0 Å². The minimum Gasteiger partial charge on any atom is -0.344 e. The van der Waals surface area contributed by atoms with Crippen LogP contribution in [0.2, 0.25) is 0 Å². The van der Waals surface area contributed by atoms with Crippen molar-refractivity contribution in [3.8, 4) is 0 Å². The van der Waals surface area contributed by atoms with Gasteiger partial charge in [-0.3, -0.25) is 0 Å². The molecule has 4 rings (SSSR count). The maximum Gasteiger partial charge on any atom is 0.0497 e. The second-order valence-electron chi connectivity index (χ2n) is 5.71. The number of benzene rings is 3. The van der Waals surface area contributed by atoms with Crippen LogP contribution >= 0.6 is 0 Å². The summed E-state index contributed by atoms with van der Waals surface area (Å²) in [4.78, 5) is 0. The number of nitrogens with zero attached hydrogens (tertiary/aromatic N) is 1. The molecule has 0 fully saturated rings. The maximum absolute atomic E-state index is 2.31. The Labute approximate surface area is 118 Å². The minimum atomic E-state index is 1.31. The first-order valence-electron chi connectivity index (χ1n) is 7.04. The van der Waals surface area contributed by atoms with Crippen molar-refractivity contribution in [1.82, 2.24) is 4.57 Å². The van der Waals surface area contributed by atoms with E-state index in [-0.39, 0.29) is 0 Å². The summed E-state index contributed by atoms with van der Waals surface area (Å²) in [7, 11) is 2.16. The molecule has 0 spiro atoms. The topological polar surface area (TPSA) is 4.93 Å². The van der Waals surface area contributed by atoms with Gasteiger partial charge in [0.05, 0.1) is 0 Å². The van der Waals surface area contributed by atoms with Crippen LogP contribution in [0, 0.1) is 13.8 Å². The standard InChI is InChI=1S/C19H17N/c1-12-8-9-17-16(10-12)19-15-7-5-4-6-14(15)13(2)11-18(19)20(17)3/h4-11H,1-3H3. The molecule has 3 aromatic carbocycles. The van der Waals surface area contributed by atoms with Gasteiger partial charge in [0, 0.05) is 28.9 Å². The van der Waals surface area contributed by atoms with Gasteiger partial charge in [0.25, 0.3) is 0 Å². The Morgan fingerprint density at radius 1 is 0.750 bits per heavy atom. The lowest BCUT2D eigenvalue weighted by molar-refractivity contribution is 1.01. The normalized spacial score (nSPS) is 11.8. The van der Waals surface area contributed by atoms with E-state index in [4.69, 9.17) is 0 Å². The highest BCUT2D eigenvalue weighted by molar-refractivity contribution is 6.21. The first kappa shape index (κ1) is 11.5. The molecule has 98 valence electrons. The van der Waals surface area contributed by atoms with Gasteiger partial charge in [-0.25, -0.2) is 0 Å². The largest absolute Gasteiger partial charge is 0.344 e. The molecule has 1 heteroatoms. The quantitative estimate of drug-likeness (QED) is 0.414. The molecular formula is C19H17N. The van der Waals surface area contributed by atoms with Crippen LogP contribution in [0.4, 0.5) is 0 Å². The van der Waals surface area contributed by atoms with Crippen molar-refractivity contribution in [2.45, 2.75) is 13.8 Å². The molecule has 0 amide bonds. The summed E-state index contributed by atoms with van der Waals surface area (Å²) in [5.41, 5.74) is 5.29. The predicted octanol–water partition coefficient (Wildman–Crippen LogP) is 5.10. The Morgan fingerprint density at radius 3 is 2.30 bits per heavy atom. The molecule has 0 bridgehead atoms. The van der Waals surface area contributed by atoms with Crippen LogP contribution in [0.1, 0.15) is 11.1 Å². The van der Waals surface area contributed by atoms with Gasteiger partial charge in [-0.1, -0.05) is 35.9 Å². The molecule has 0 saturated carbocycles. The summed E-state index contributed by atoms with van der Waals surface area (Å²) in [6, 6.07) is 17.8. The zero-order chi connectivity index (χ0) is 13.9. The zero-order valence-corrected chi connectivity index (χ0v) is 12.1. The number of aromatic nitrogens is 1. The van der Waals surface area contributed by atoms with Gasteiger partial charge in [0.1, 0.15) is 0 Å². The molecule has 0 aliphatic carbocycles. The van der Waals surface area contributed by atoms with E-state index in [0.717, 1.165) is 0 Å². The van der Waals surface area contributed by atoms with Crippen molar-refractivity contribution >= 4 is 32.6 Å². The molecule has 0 saturated heterocycles. The molecule has 0 N–H and O–H groups in total. The molecule has 0 atom stereocenters. The highest BCUT2D eigenvalue weighted by atomic mass is 14.9. The maximum atomic E-state index is 2.31. The van der Waals surface area contributed by atoms with Crippen molar-refractivity contribution in [2.75, 3.05) is 0 Å². The summed E-state index contributed by atoms with van der Waals surface area (Å²) in [5, 5.41) is 5.46. The van der Waals surface area contributed by atoms with Crippen LogP contribution < -0.4 is 0 Å². The zero-order valence-electron chi connectivity index (χ0n) is 12.1. The second kappa shape index (κ2) is 3.86. The van der Waals surface area contributed by atoms with Crippen molar-refractivity contribution in [3.05, 3.63) is 59.7 Å². The van der Waals surface area contributed by atoms with Crippen LogP contribution in [-0.4, -0.2) is 4.57 Å². The third kappa shape index (κ3) is 1.38. The monoisotopic (exact) mass is 259 g/mol. The van der Waals surface area contributed by atoms with Crippen molar-refractivity contribution in [3.63, 3.8) is 0 Å². The fraction of sp³-hybridized carbons (Fsp3) is 0.158. The van der Waals surface area contributed by atoms with E-state index in [1.54, 1.807) is 0 Å². The van der Waals surface area contributed by atoms with Crippen molar-refractivity contribution in [2.24, 2.45) is 7.05 Å². The molecule has 1 heterocycles. The molecule has 0 aliphatic heterocycles. The van der Waals surface area contributed by atoms with Crippen molar-refractivity contribution < 1.29 is 0 Å². The Hall–Kier alpha value is -2.28. The van der Waals surface area contributed by atoms with E-state index in [0.29, 0.717) is 0 Å². The molecule has 1 nitrogen and oxygen atoms in total. The summed E-state index contributed by atoms with van der Waals surface area (Å²) in [6.07, 6.45) is 0. The van der Waals surface area contributed by atoms with Gasteiger partial charge >= 0.3 is 0 Å². The van der Waals surface area contributed by atoms with E-state index < -0.39 is 0 Å². The first-order valence-corrected chi connectivity index (χ1v) is 7.04. The molecule has 1 aromatic heterocycles. The molecule has 4 aromatic rings. The van der Waals surface area contributed by atoms with Crippen LogP contribution in [-0.2, 0) is 7.05 Å². The Bertz CT molecular complexity index is 973. The van der Waals surface area contributed by atoms with Crippen molar-refractivity contribution in [1.29, 1.82) is 0 Å². The van der Waals surface area contributed by atoms with Crippen LogP contribution in [0.15, 0.2) is 48.5 Å². The Morgan fingerprint density at radius 2 is 1.50 bits per heavy atom. The van der Waals surface area contributed by atoms with Gasteiger partial charge in [0.2, 0.25) is 0 Å². The summed E-state index contributed by atoms with van der Waals surface area (Å²) >= 11 is 0. The molecule has 0 unspecified atom stereocenters. The number of fused-ring (bicyclic) bond motifs is 5. The highest BCUT2D eigenvalue weighted by Crippen LogP contribution is 2.36. The third-order valence-electron chi connectivity index (χ3n) is 4.37. The SMILES string of the molecule is Cc1ccc2c(c1)c1c3ccccc3c(C)cc1n2C.